The number of hydrogen-bond donors (Lipinski definition) is 2. The molecule has 0 saturated heterocycles. The maximum Gasteiger partial charge on any atom is 0.338 e. The van der Waals surface area contributed by atoms with Gasteiger partial charge < -0.3 is 20.1 Å². The first-order valence-electron chi connectivity index (χ1n) is 15.5. The summed E-state index contributed by atoms with van der Waals surface area (Å²) in [6, 6.07) is 26.8. The third kappa shape index (κ3) is 5.92. The van der Waals surface area contributed by atoms with Crippen LogP contribution in [-0.2, 0) is 16.0 Å². The van der Waals surface area contributed by atoms with Crippen molar-refractivity contribution in [3.8, 4) is 5.75 Å². The molecule has 0 amide bonds. The number of carbonyl (C=O) groups is 2. The molecule has 0 aliphatic carbocycles. The average Bonchev–Trinajstić information content (AvgIpc) is 3.81. The van der Waals surface area contributed by atoms with Crippen LogP contribution >= 0.6 is 0 Å². The van der Waals surface area contributed by atoms with Gasteiger partial charge in [-0.2, -0.15) is 9.03 Å². The van der Waals surface area contributed by atoms with Gasteiger partial charge in [-0.05, 0) is 101 Å². The topological polar surface area (TPSA) is 189 Å². The minimum atomic E-state index is -0.447. The van der Waals surface area contributed by atoms with Crippen molar-refractivity contribution >= 4 is 68.3 Å². The summed E-state index contributed by atoms with van der Waals surface area (Å²) < 4.78 is 14.1. The molecule has 4 aromatic carbocycles. The molecule has 16 nitrogen and oxygen atoms in total. The monoisotopic (exact) mass is 666 g/mol. The Balaban J connectivity index is 0.951. The molecule has 0 aliphatic rings. The van der Waals surface area contributed by atoms with Crippen LogP contribution in [-0.4, -0.2) is 68.1 Å². The number of para-hydroxylation sites is 2. The van der Waals surface area contributed by atoms with E-state index in [1.54, 1.807) is 60.8 Å². The lowest BCUT2D eigenvalue weighted by Gasteiger charge is -2.11. The molecule has 0 fully saturated rings. The van der Waals surface area contributed by atoms with Crippen LogP contribution in [0.2, 0.25) is 0 Å². The first kappa shape index (κ1) is 30.2. The standard InChI is InChI=1S/C34H26N12O4/c1-19(2)49-34(48)21-9-13-23(14-10-21)36-31-33-40-42-44-46(33)28-18-24(15-16-26(28)38-31)50-29(47)17-20-7-11-22(12-8-20)35-30-32-39-41-43-45(32)27-6-4-3-5-25(27)37-30/h3-16,18-19H,17H2,1-2H3,(H,35,37)(H,36,38). The predicted molar refractivity (Wildman–Crippen MR) is 182 cm³/mol. The summed E-state index contributed by atoms with van der Waals surface area (Å²) in [5.74, 6) is 0.381. The van der Waals surface area contributed by atoms with Crippen LogP contribution in [0.25, 0.3) is 33.4 Å². The largest absolute Gasteiger partial charge is 0.459 e. The van der Waals surface area contributed by atoms with E-state index >= 15 is 0 Å². The van der Waals surface area contributed by atoms with E-state index in [2.05, 4.69) is 46.7 Å². The van der Waals surface area contributed by atoms with E-state index in [0.29, 0.717) is 51.0 Å². The Morgan fingerprint density at radius 2 is 1.32 bits per heavy atom. The van der Waals surface area contributed by atoms with Crippen molar-refractivity contribution in [3.63, 3.8) is 0 Å². The number of rotatable bonds is 9. The molecule has 0 atom stereocenters. The van der Waals surface area contributed by atoms with Crippen LogP contribution in [0.15, 0.2) is 91.0 Å². The number of aromatic nitrogens is 10. The van der Waals surface area contributed by atoms with E-state index in [0.717, 1.165) is 22.3 Å². The van der Waals surface area contributed by atoms with Crippen molar-refractivity contribution in [3.05, 3.63) is 102 Å². The molecule has 0 bridgehead atoms. The van der Waals surface area contributed by atoms with Gasteiger partial charge in [0.25, 0.3) is 0 Å². The molecule has 0 unspecified atom stereocenters. The zero-order valence-corrected chi connectivity index (χ0v) is 26.5. The summed E-state index contributed by atoms with van der Waals surface area (Å²) in [7, 11) is 0. The third-order valence-electron chi connectivity index (χ3n) is 7.64. The van der Waals surface area contributed by atoms with Crippen molar-refractivity contribution in [1.29, 1.82) is 0 Å². The lowest BCUT2D eigenvalue weighted by atomic mass is 10.1. The van der Waals surface area contributed by atoms with E-state index in [1.165, 1.54) is 4.52 Å². The van der Waals surface area contributed by atoms with Crippen LogP contribution in [0.4, 0.5) is 23.0 Å². The lowest BCUT2D eigenvalue weighted by Crippen LogP contribution is -2.11. The number of esters is 2. The Morgan fingerprint density at radius 3 is 1.98 bits per heavy atom. The number of hydrogen-bond acceptors (Lipinski definition) is 14. The normalized spacial score (nSPS) is 11.4. The smallest absolute Gasteiger partial charge is 0.338 e. The fraction of sp³-hybridized carbons (Fsp3) is 0.118. The first-order valence-corrected chi connectivity index (χ1v) is 15.5. The van der Waals surface area contributed by atoms with Gasteiger partial charge in [0.2, 0.25) is 11.3 Å². The number of ether oxygens (including phenoxy) is 2. The summed E-state index contributed by atoms with van der Waals surface area (Å²) in [5, 5.41) is 30.5. The fourth-order valence-electron chi connectivity index (χ4n) is 5.36. The summed E-state index contributed by atoms with van der Waals surface area (Å²) in [5.41, 5.74) is 6.11. The van der Waals surface area contributed by atoms with Crippen molar-refractivity contribution in [2.45, 2.75) is 26.4 Å². The van der Waals surface area contributed by atoms with Gasteiger partial charge >= 0.3 is 11.9 Å². The molecule has 0 aliphatic heterocycles. The summed E-state index contributed by atoms with van der Waals surface area (Å²) in [4.78, 5) is 34.5. The van der Waals surface area contributed by atoms with Gasteiger partial charge in [0.15, 0.2) is 11.6 Å². The molecule has 2 N–H and O–H groups in total. The van der Waals surface area contributed by atoms with Crippen molar-refractivity contribution in [1.82, 2.24) is 50.0 Å². The van der Waals surface area contributed by atoms with Crippen LogP contribution in [0.1, 0.15) is 29.8 Å². The molecular weight excluding hydrogens is 640 g/mol. The highest BCUT2D eigenvalue weighted by molar-refractivity contribution is 5.90. The van der Waals surface area contributed by atoms with E-state index in [1.807, 2.05) is 48.5 Å². The van der Waals surface area contributed by atoms with Crippen molar-refractivity contribution < 1.29 is 19.1 Å². The fourth-order valence-corrected chi connectivity index (χ4v) is 5.36. The highest BCUT2D eigenvalue weighted by atomic mass is 16.5. The van der Waals surface area contributed by atoms with Gasteiger partial charge in [0, 0.05) is 17.4 Å². The zero-order chi connectivity index (χ0) is 34.2. The second-order valence-electron chi connectivity index (χ2n) is 11.5. The Hall–Kier alpha value is -7.10. The van der Waals surface area contributed by atoms with Gasteiger partial charge in [0.1, 0.15) is 5.75 Å². The van der Waals surface area contributed by atoms with Crippen LogP contribution in [0.3, 0.4) is 0 Å². The first-order chi connectivity index (χ1) is 24.4. The molecule has 16 heteroatoms. The highest BCUT2D eigenvalue weighted by Gasteiger charge is 2.16. The van der Waals surface area contributed by atoms with Gasteiger partial charge in [-0.3, -0.25) is 4.79 Å². The Bertz CT molecular complexity index is 2550. The van der Waals surface area contributed by atoms with Gasteiger partial charge in [0.05, 0.1) is 40.2 Å². The quantitative estimate of drug-likeness (QED) is 0.157. The third-order valence-corrected chi connectivity index (χ3v) is 7.64. The SMILES string of the molecule is CC(C)OC(=O)c1ccc(Nc2nc3ccc(OC(=O)Cc4ccc(Nc5nc6ccccc6n6nnnc56)cc4)cc3n3nnnc23)cc1. The summed E-state index contributed by atoms with van der Waals surface area (Å²) >= 11 is 0. The Morgan fingerprint density at radius 1 is 0.720 bits per heavy atom. The molecule has 8 aromatic rings. The molecular formula is C34H26N12O4. The van der Waals surface area contributed by atoms with E-state index in [-0.39, 0.29) is 12.5 Å². The van der Waals surface area contributed by atoms with Crippen LogP contribution < -0.4 is 15.4 Å². The molecule has 0 radical (unpaired) electrons. The number of nitrogens with one attached hydrogen (secondary N) is 2. The van der Waals surface area contributed by atoms with Gasteiger partial charge in [-0.1, -0.05) is 24.3 Å². The molecule has 246 valence electrons. The molecule has 0 spiro atoms. The molecule has 4 aromatic heterocycles. The lowest BCUT2D eigenvalue weighted by molar-refractivity contribution is -0.133. The van der Waals surface area contributed by atoms with Gasteiger partial charge in [-0.15, -0.1) is 10.2 Å². The van der Waals surface area contributed by atoms with E-state index in [9.17, 15) is 9.59 Å². The zero-order valence-electron chi connectivity index (χ0n) is 26.5. The van der Waals surface area contributed by atoms with E-state index in [4.69, 9.17) is 14.5 Å². The number of tetrazole rings is 2. The Kier molecular flexibility index (Phi) is 7.56. The summed E-state index contributed by atoms with van der Waals surface area (Å²) in [6.07, 6.45) is -0.173. The molecule has 4 heterocycles. The predicted octanol–water partition coefficient (Wildman–Crippen LogP) is 4.86. The minimum Gasteiger partial charge on any atom is -0.459 e. The maximum absolute atomic E-state index is 13.0. The average molecular weight is 667 g/mol. The van der Waals surface area contributed by atoms with Crippen molar-refractivity contribution in [2.75, 3.05) is 10.6 Å². The maximum atomic E-state index is 13.0. The number of anilines is 4. The van der Waals surface area contributed by atoms with Gasteiger partial charge in [-0.25, -0.2) is 14.8 Å². The number of fused-ring (bicyclic) bond motifs is 6. The van der Waals surface area contributed by atoms with Crippen LogP contribution in [0, 0.1) is 0 Å². The second-order valence-corrected chi connectivity index (χ2v) is 11.5. The highest BCUT2D eigenvalue weighted by Crippen LogP contribution is 2.27. The molecule has 0 saturated carbocycles. The number of carbonyl (C=O) groups excluding carboxylic acids is 2. The number of benzene rings is 4. The van der Waals surface area contributed by atoms with Crippen molar-refractivity contribution in [2.24, 2.45) is 0 Å². The minimum absolute atomic E-state index is 0.0419. The summed E-state index contributed by atoms with van der Waals surface area (Å²) in [6.45, 7) is 3.59. The second kappa shape index (κ2) is 12.5. The molecule has 50 heavy (non-hydrogen) atoms. The number of nitrogens with zero attached hydrogens (tertiary/aromatic N) is 10. The Labute approximate surface area is 282 Å². The van der Waals surface area contributed by atoms with E-state index < -0.39 is 11.9 Å². The molecule has 8 rings (SSSR count). The van der Waals surface area contributed by atoms with Crippen LogP contribution in [0.5, 0.6) is 5.75 Å².